The molecule has 0 aliphatic rings. The normalized spacial score (nSPS) is 11.8. The number of nitrogens with one attached hydrogen (secondary N) is 2. The molecule has 1 atom stereocenters. The first kappa shape index (κ1) is 11.9. The Balaban J connectivity index is 1.91. The molecule has 2 N–H and O–H groups in total. The Morgan fingerprint density at radius 3 is 2.88 bits per heavy atom. The van der Waals surface area contributed by atoms with Gasteiger partial charge in [0.2, 0.25) is 0 Å². The Labute approximate surface area is 109 Å². The zero-order valence-corrected chi connectivity index (χ0v) is 10.9. The van der Waals surface area contributed by atoms with Crippen molar-refractivity contribution in [1.29, 1.82) is 0 Å². The summed E-state index contributed by atoms with van der Waals surface area (Å²) in [5.74, 6) is 0. The van der Waals surface area contributed by atoms with Crippen LogP contribution in [0.25, 0.3) is 0 Å². The lowest BCUT2D eigenvalue weighted by Crippen LogP contribution is -2.31. The molecule has 0 amide bonds. The van der Waals surface area contributed by atoms with Gasteiger partial charge < -0.3 is 10.6 Å². The van der Waals surface area contributed by atoms with Crippen molar-refractivity contribution in [1.82, 2.24) is 15.3 Å². The predicted octanol–water partition coefficient (Wildman–Crippen LogP) is 2.59. The average molecular weight is 264 g/mol. The first-order chi connectivity index (χ1) is 8.25. The zero-order valence-electron chi connectivity index (χ0n) is 9.25. The Morgan fingerprint density at radius 1 is 1.35 bits per heavy atom. The SMILES string of the molecule is CC(NC(=S)Nc1nccs1)c1ccccn1. The number of hydrogen-bond acceptors (Lipinski definition) is 4. The van der Waals surface area contributed by atoms with Crippen molar-refractivity contribution in [3.63, 3.8) is 0 Å². The molecule has 0 saturated heterocycles. The molecule has 0 aliphatic heterocycles. The summed E-state index contributed by atoms with van der Waals surface area (Å²) in [4.78, 5) is 8.37. The van der Waals surface area contributed by atoms with Crippen LogP contribution in [-0.2, 0) is 0 Å². The second-order valence-electron chi connectivity index (χ2n) is 3.41. The number of hydrogen-bond donors (Lipinski definition) is 2. The van der Waals surface area contributed by atoms with Gasteiger partial charge in [-0.05, 0) is 31.3 Å². The van der Waals surface area contributed by atoms with Gasteiger partial charge in [-0.1, -0.05) is 6.07 Å². The molecule has 17 heavy (non-hydrogen) atoms. The van der Waals surface area contributed by atoms with Crippen LogP contribution in [0.4, 0.5) is 5.13 Å². The first-order valence-electron chi connectivity index (χ1n) is 5.13. The minimum Gasteiger partial charge on any atom is -0.354 e. The second kappa shape index (κ2) is 5.70. The highest BCUT2D eigenvalue weighted by atomic mass is 32.1. The molecule has 0 saturated carbocycles. The molecule has 0 aromatic carbocycles. The third-order valence-corrected chi connectivity index (χ3v) is 3.04. The number of pyridine rings is 1. The standard InChI is InChI=1S/C11H12N4S2/c1-8(9-4-2-3-5-12-9)14-10(16)15-11-13-6-7-17-11/h2-8H,1H3,(H2,13,14,15,16). The summed E-state index contributed by atoms with van der Waals surface area (Å²) in [6.45, 7) is 2.01. The molecule has 2 aromatic rings. The van der Waals surface area contributed by atoms with Crippen LogP contribution in [-0.4, -0.2) is 15.1 Å². The maximum absolute atomic E-state index is 5.19. The van der Waals surface area contributed by atoms with Gasteiger partial charge in [0.1, 0.15) is 0 Å². The van der Waals surface area contributed by atoms with E-state index in [0.29, 0.717) is 5.11 Å². The van der Waals surface area contributed by atoms with Gasteiger partial charge >= 0.3 is 0 Å². The molecular weight excluding hydrogens is 252 g/mol. The van der Waals surface area contributed by atoms with Crippen LogP contribution in [0.2, 0.25) is 0 Å². The molecule has 4 nitrogen and oxygen atoms in total. The zero-order chi connectivity index (χ0) is 12.1. The lowest BCUT2D eigenvalue weighted by molar-refractivity contribution is 0.696. The lowest BCUT2D eigenvalue weighted by atomic mass is 10.2. The average Bonchev–Trinajstić information content (AvgIpc) is 2.82. The van der Waals surface area contributed by atoms with Crippen molar-refractivity contribution >= 4 is 33.8 Å². The Hall–Kier alpha value is -1.53. The van der Waals surface area contributed by atoms with Gasteiger partial charge in [0.25, 0.3) is 0 Å². The maximum atomic E-state index is 5.19. The van der Waals surface area contributed by atoms with Gasteiger partial charge in [0.15, 0.2) is 10.2 Å². The van der Waals surface area contributed by atoms with Gasteiger partial charge in [-0.25, -0.2) is 4.98 Å². The van der Waals surface area contributed by atoms with Crippen LogP contribution in [0, 0.1) is 0 Å². The van der Waals surface area contributed by atoms with Gasteiger partial charge in [0.05, 0.1) is 11.7 Å². The Kier molecular flexibility index (Phi) is 4.00. The fourth-order valence-electron chi connectivity index (χ4n) is 1.32. The number of thiazole rings is 1. The molecule has 0 radical (unpaired) electrons. The molecule has 0 bridgehead atoms. The van der Waals surface area contributed by atoms with E-state index in [9.17, 15) is 0 Å². The van der Waals surface area contributed by atoms with E-state index in [4.69, 9.17) is 12.2 Å². The van der Waals surface area contributed by atoms with Crippen LogP contribution in [0.15, 0.2) is 36.0 Å². The van der Waals surface area contributed by atoms with Crippen LogP contribution in [0.3, 0.4) is 0 Å². The van der Waals surface area contributed by atoms with Crippen molar-refractivity contribution in [2.24, 2.45) is 0 Å². The van der Waals surface area contributed by atoms with Gasteiger partial charge in [-0.2, -0.15) is 0 Å². The molecule has 0 fully saturated rings. The van der Waals surface area contributed by atoms with Crippen molar-refractivity contribution in [3.8, 4) is 0 Å². The van der Waals surface area contributed by atoms with E-state index in [2.05, 4.69) is 20.6 Å². The van der Waals surface area contributed by atoms with Gasteiger partial charge in [-0.15, -0.1) is 11.3 Å². The van der Waals surface area contributed by atoms with Gasteiger partial charge in [0, 0.05) is 17.8 Å². The van der Waals surface area contributed by atoms with E-state index in [1.54, 1.807) is 12.4 Å². The maximum Gasteiger partial charge on any atom is 0.188 e. The molecule has 2 aromatic heterocycles. The number of nitrogens with zero attached hydrogens (tertiary/aromatic N) is 2. The lowest BCUT2D eigenvalue weighted by Gasteiger charge is -2.15. The van der Waals surface area contributed by atoms with E-state index in [1.807, 2.05) is 30.5 Å². The van der Waals surface area contributed by atoms with Crippen LogP contribution in [0.5, 0.6) is 0 Å². The molecule has 2 rings (SSSR count). The third-order valence-electron chi connectivity index (χ3n) is 2.13. The second-order valence-corrected chi connectivity index (χ2v) is 4.71. The van der Waals surface area contributed by atoms with Crippen molar-refractivity contribution < 1.29 is 0 Å². The summed E-state index contributed by atoms with van der Waals surface area (Å²) in [6, 6.07) is 5.88. The highest BCUT2D eigenvalue weighted by Crippen LogP contribution is 2.12. The molecule has 88 valence electrons. The molecule has 0 aliphatic carbocycles. The monoisotopic (exact) mass is 264 g/mol. The van der Waals surface area contributed by atoms with E-state index < -0.39 is 0 Å². The number of thiocarbonyl (C=S) groups is 1. The largest absolute Gasteiger partial charge is 0.354 e. The van der Waals surface area contributed by atoms with Crippen molar-refractivity contribution in [3.05, 3.63) is 41.7 Å². The summed E-state index contributed by atoms with van der Waals surface area (Å²) >= 11 is 6.70. The Bertz CT molecular complexity index is 469. The van der Waals surface area contributed by atoms with Crippen LogP contribution >= 0.6 is 23.6 Å². The molecular formula is C11H12N4S2. The predicted molar refractivity (Wildman–Crippen MR) is 74.1 cm³/mol. The topological polar surface area (TPSA) is 49.8 Å². The molecule has 6 heteroatoms. The summed E-state index contributed by atoms with van der Waals surface area (Å²) in [5.41, 5.74) is 0.954. The van der Waals surface area contributed by atoms with E-state index in [0.717, 1.165) is 10.8 Å². The number of rotatable bonds is 3. The fourth-order valence-corrected chi connectivity index (χ4v) is 2.19. The molecule has 2 heterocycles. The summed E-state index contributed by atoms with van der Waals surface area (Å²) < 4.78 is 0. The smallest absolute Gasteiger partial charge is 0.188 e. The first-order valence-corrected chi connectivity index (χ1v) is 6.42. The highest BCUT2D eigenvalue weighted by Gasteiger charge is 2.08. The summed E-state index contributed by atoms with van der Waals surface area (Å²) in [5, 5.41) is 9.42. The molecule has 1 unspecified atom stereocenters. The fraction of sp³-hybridized carbons (Fsp3) is 0.182. The van der Waals surface area contributed by atoms with Gasteiger partial charge in [-0.3, -0.25) is 4.98 Å². The van der Waals surface area contributed by atoms with E-state index in [1.165, 1.54) is 11.3 Å². The van der Waals surface area contributed by atoms with Crippen molar-refractivity contribution in [2.45, 2.75) is 13.0 Å². The number of anilines is 1. The quantitative estimate of drug-likeness (QED) is 0.835. The molecule has 0 spiro atoms. The highest BCUT2D eigenvalue weighted by molar-refractivity contribution is 7.80. The minimum absolute atomic E-state index is 0.0659. The van der Waals surface area contributed by atoms with E-state index >= 15 is 0 Å². The van der Waals surface area contributed by atoms with Crippen molar-refractivity contribution in [2.75, 3.05) is 5.32 Å². The summed E-state index contributed by atoms with van der Waals surface area (Å²) in [6.07, 6.45) is 3.50. The van der Waals surface area contributed by atoms with Crippen LogP contribution in [0.1, 0.15) is 18.7 Å². The summed E-state index contributed by atoms with van der Waals surface area (Å²) in [7, 11) is 0. The minimum atomic E-state index is 0.0659. The van der Waals surface area contributed by atoms with Crippen LogP contribution < -0.4 is 10.6 Å². The number of aromatic nitrogens is 2. The Morgan fingerprint density at radius 2 is 2.24 bits per heavy atom. The van der Waals surface area contributed by atoms with E-state index in [-0.39, 0.29) is 6.04 Å². The third kappa shape index (κ3) is 3.47.